The van der Waals surface area contributed by atoms with E-state index in [1.54, 1.807) is 6.07 Å². The van der Waals surface area contributed by atoms with Crippen molar-refractivity contribution in [2.75, 3.05) is 6.61 Å². The van der Waals surface area contributed by atoms with E-state index in [9.17, 15) is 5.11 Å². The molecule has 0 aliphatic heterocycles. The van der Waals surface area contributed by atoms with Gasteiger partial charge in [0, 0.05) is 24.7 Å². The van der Waals surface area contributed by atoms with Gasteiger partial charge in [-0.05, 0) is 30.0 Å². The number of aromatic hydroxyl groups is 1. The van der Waals surface area contributed by atoms with Crippen molar-refractivity contribution in [1.29, 1.82) is 5.41 Å². The van der Waals surface area contributed by atoms with Crippen LogP contribution in [0.15, 0.2) is 18.2 Å². The van der Waals surface area contributed by atoms with Crippen LogP contribution in [0.25, 0.3) is 0 Å². The summed E-state index contributed by atoms with van der Waals surface area (Å²) in [5.74, 6) is 0.415. The molecule has 0 radical (unpaired) electrons. The van der Waals surface area contributed by atoms with Gasteiger partial charge in [0.2, 0.25) is 0 Å². The van der Waals surface area contributed by atoms with Crippen LogP contribution in [0.3, 0.4) is 0 Å². The number of rotatable bonds is 2. The van der Waals surface area contributed by atoms with E-state index in [0.717, 1.165) is 11.1 Å². The van der Waals surface area contributed by atoms with Crippen molar-refractivity contribution in [2.45, 2.75) is 19.3 Å². The zero-order valence-corrected chi connectivity index (χ0v) is 8.53. The fraction of sp³-hybridized carbons (Fsp3) is 0.417. The molecule has 0 spiro atoms. The molecular weight excluding hydrogens is 190 g/mol. The summed E-state index contributed by atoms with van der Waals surface area (Å²) in [6.07, 6.45) is 1.91. The first-order valence-corrected chi connectivity index (χ1v) is 5.20. The molecule has 0 bridgehead atoms. The van der Waals surface area contributed by atoms with Crippen molar-refractivity contribution in [3.63, 3.8) is 0 Å². The summed E-state index contributed by atoms with van der Waals surface area (Å²) in [6.45, 7) is 0.107. The molecule has 1 atom stereocenters. The number of benzene rings is 1. The molecule has 0 aromatic heterocycles. The van der Waals surface area contributed by atoms with Crippen LogP contribution in [0.1, 0.15) is 17.5 Å². The molecule has 0 heterocycles. The fourth-order valence-electron chi connectivity index (χ4n) is 2.17. The summed E-state index contributed by atoms with van der Waals surface area (Å²) in [7, 11) is 0. The van der Waals surface area contributed by atoms with Gasteiger partial charge in [0.05, 0.1) is 0 Å². The zero-order valence-electron chi connectivity index (χ0n) is 8.53. The fourth-order valence-corrected chi connectivity index (χ4v) is 2.17. The summed E-state index contributed by atoms with van der Waals surface area (Å²) < 4.78 is 0. The molecule has 0 saturated carbocycles. The Morgan fingerprint density at radius 2 is 2.20 bits per heavy atom. The minimum Gasteiger partial charge on any atom is -0.508 e. The third kappa shape index (κ3) is 1.88. The molecule has 0 unspecified atom stereocenters. The van der Waals surface area contributed by atoms with Crippen molar-refractivity contribution in [3.8, 4) is 5.75 Å². The maximum Gasteiger partial charge on any atom is 0.119 e. The number of phenols is 1. The second kappa shape index (κ2) is 4.03. The Hall–Kier alpha value is -1.35. The maximum absolute atomic E-state index is 9.70. The highest BCUT2D eigenvalue weighted by Gasteiger charge is 2.24. The Morgan fingerprint density at radius 3 is 2.93 bits per heavy atom. The van der Waals surface area contributed by atoms with Crippen molar-refractivity contribution >= 4 is 5.71 Å². The van der Waals surface area contributed by atoms with E-state index in [-0.39, 0.29) is 12.5 Å². The van der Waals surface area contributed by atoms with Crippen molar-refractivity contribution < 1.29 is 10.2 Å². The zero-order chi connectivity index (χ0) is 10.8. The number of aliphatic hydroxyl groups is 1. The molecule has 1 aromatic rings. The monoisotopic (exact) mass is 205 g/mol. The number of hydrogen-bond acceptors (Lipinski definition) is 3. The highest BCUT2D eigenvalue weighted by atomic mass is 16.3. The van der Waals surface area contributed by atoms with Gasteiger partial charge in [-0.1, -0.05) is 12.1 Å². The molecule has 3 nitrogen and oxygen atoms in total. The first kappa shape index (κ1) is 10.2. The minimum atomic E-state index is 0.0933. The van der Waals surface area contributed by atoms with Crippen LogP contribution >= 0.6 is 0 Å². The minimum absolute atomic E-state index is 0.0933. The third-order valence-electron chi connectivity index (χ3n) is 3.05. The van der Waals surface area contributed by atoms with E-state index >= 15 is 0 Å². The summed E-state index contributed by atoms with van der Waals surface area (Å²) in [6, 6.07) is 5.45. The molecular formula is C12H15NO2. The third-order valence-corrected chi connectivity index (χ3v) is 3.05. The van der Waals surface area contributed by atoms with Gasteiger partial charge < -0.3 is 15.6 Å². The molecule has 80 valence electrons. The van der Waals surface area contributed by atoms with E-state index in [1.807, 2.05) is 12.1 Å². The lowest BCUT2D eigenvalue weighted by atomic mass is 9.80. The lowest BCUT2D eigenvalue weighted by Gasteiger charge is -2.25. The van der Waals surface area contributed by atoms with Crippen molar-refractivity contribution in [2.24, 2.45) is 5.92 Å². The Bertz CT molecular complexity index is 387. The van der Waals surface area contributed by atoms with Crippen molar-refractivity contribution in [1.82, 2.24) is 0 Å². The number of hydrogen-bond donors (Lipinski definition) is 3. The second-order valence-corrected chi connectivity index (χ2v) is 4.03. The highest BCUT2D eigenvalue weighted by Crippen LogP contribution is 2.31. The molecule has 3 heteroatoms. The van der Waals surface area contributed by atoms with Gasteiger partial charge in [0.15, 0.2) is 0 Å². The highest BCUT2D eigenvalue weighted by molar-refractivity contribution is 5.88. The van der Waals surface area contributed by atoms with Gasteiger partial charge in [0.25, 0.3) is 0 Å². The number of phenolic OH excluding ortho intramolecular Hbond substituents is 1. The lowest BCUT2D eigenvalue weighted by Crippen LogP contribution is -2.25. The van der Waals surface area contributed by atoms with Gasteiger partial charge in [-0.3, -0.25) is 0 Å². The van der Waals surface area contributed by atoms with Crippen LogP contribution in [0, 0.1) is 11.3 Å². The molecule has 2 rings (SSSR count). The van der Waals surface area contributed by atoms with E-state index in [2.05, 4.69) is 0 Å². The van der Waals surface area contributed by atoms with Gasteiger partial charge >= 0.3 is 0 Å². The van der Waals surface area contributed by atoms with Crippen LogP contribution in [-0.2, 0) is 12.8 Å². The average Bonchev–Trinajstić information content (AvgIpc) is 2.21. The molecule has 15 heavy (non-hydrogen) atoms. The second-order valence-electron chi connectivity index (χ2n) is 4.03. The van der Waals surface area contributed by atoms with E-state index in [0.29, 0.717) is 30.7 Å². The molecule has 1 aliphatic rings. The van der Waals surface area contributed by atoms with Gasteiger partial charge in [0.1, 0.15) is 5.75 Å². The summed E-state index contributed by atoms with van der Waals surface area (Å²) in [5, 5.41) is 26.4. The van der Waals surface area contributed by atoms with E-state index in [4.69, 9.17) is 10.5 Å². The number of aliphatic hydroxyl groups excluding tert-OH is 1. The Labute approximate surface area is 88.9 Å². The smallest absolute Gasteiger partial charge is 0.119 e. The van der Waals surface area contributed by atoms with Crippen LogP contribution in [-0.4, -0.2) is 22.5 Å². The molecule has 0 amide bonds. The standard InChI is InChI=1S/C12H15NO2/c13-11-7-8-2-1-3-12(15)10(8)6-9(11)4-5-14/h1-3,9,13-15H,4-7H2/t9-/m1/s1. The first-order chi connectivity index (χ1) is 7.22. The van der Waals surface area contributed by atoms with Crippen LogP contribution in [0.5, 0.6) is 5.75 Å². The Morgan fingerprint density at radius 1 is 1.40 bits per heavy atom. The van der Waals surface area contributed by atoms with E-state index in [1.165, 1.54) is 0 Å². The number of fused-ring (bicyclic) bond motifs is 1. The normalized spacial score (nSPS) is 20.1. The lowest BCUT2D eigenvalue weighted by molar-refractivity contribution is 0.271. The SMILES string of the molecule is N=C1Cc2cccc(O)c2C[C@H]1CCO. The van der Waals surface area contributed by atoms with Crippen LogP contribution < -0.4 is 0 Å². The number of nitrogens with one attached hydrogen (secondary N) is 1. The van der Waals surface area contributed by atoms with Gasteiger partial charge in [-0.25, -0.2) is 0 Å². The maximum atomic E-state index is 9.70. The predicted octanol–water partition coefficient (Wildman–Crippen LogP) is 1.51. The van der Waals surface area contributed by atoms with E-state index < -0.39 is 0 Å². The first-order valence-electron chi connectivity index (χ1n) is 5.20. The van der Waals surface area contributed by atoms with Crippen LogP contribution in [0.4, 0.5) is 0 Å². The van der Waals surface area contributed by atoms with Gasteiger partial charge in [-0.2, -0.15) is 0 Å². The largest absolute Gasteiger partial charge is 0.508 e. The van der Waals surface area contributed by atoms with Crippen molar-refractivity contribution in [3.05, 3.63) is 29.3 Å². The van der Waals surface area contributed by atoms with Crippen LogP contribution in [0.2, 0.25) is 0 Å². The molecule has 1 aliphatic carbocycles. The summed E-state index contributed by atoms with van der Waals surface area (Å²) in [5.41, 5.74) is 2.67. The molecule has 0 fully saturated rings. The Balaban J connectivity index is 2.30. The Kier molecular flexibility index (Phi) is 2.73. The molecule has 1 aromatic carbocycles. The summed E-state index contributed by atoms with van der Waals surface area (Å²) >= 11 is 0. The quantitative estimate of drug-likeness (QED) is 0.685. The molecule has 0 saturated heterocycles. The average molecular weight is 205 g/mol. The van der Waals surface area contributed by atoms with Gasteiger partial charge in [-0.15, -0.1) is 0 Å². The molecule has 3 N–H and O–H groups in total. The summed E-state index contributed by atoms with van der Waals surface area (Å²) in [4.78, 5) is 0. The topological polar surface area (TPSA) is 64.3 Å². The predicted molar refractivity (Wildman–Crippen MR) is 58.4 cm³/mol.